The van der Waals surface area contributed by atoms with Crippen molar-refractivity contribution in [3.8, 4) is 11.3 Å². The van der Waals surface area contributed by atoms with Crippen LogP contribution in [0.15, 0.2) is 32.8 Å². The second kappa shape index (κ2) is 3.81. The van der Waals surface area contributed by atoms with Crippen LogP contribution in [0.4, 0.5) is 0 Å². The summed E-state index contributed by atoms with van der Waals surface area (Å²) in [5.74, 6) is -1.57. The fourth-order valence-electron chi connectivity index (χ4n) is 1.62. The first kappa shape index (κ1) is 10.7. The van der Waals surface area contributed by atoms with Crippen LogP contribution < -0.4 is 5.76 Å². The third kappa shape index (κ3) is 1.70. The molecule has 0 bridgehead atoms. The van der Waals surface area contributed by atoms with Gasteiger partial charge in [-0.3, -0.25) is 4.98 Å². The van der Waals surface area contributed by atoms with Gasteiger partial charge in [-0.05, 0) is 18.2 Å². The van der Waals surface area contributed by atoms with E-state index in [-0.39, 0.29) is 5.01 Å². The third-order valence-electron chi connectivity index (χ3n) is 2.40. The lowest BCUT2D eigenvalue weighted by atomic mass is 10.1. The topological polar surface area (TPSA) is 96.2 Å². The average molecular weight is 262 g/mol. The molecule has 18 heavy (non-hydrogen) atoms. The van der Waals surface area contributed by atoms with Crippen molar-refractivity contribution in [3.63, 3.8) is 0 Å². The summed E-state index contributed by atoms with van der Waals surface area (Å²) in [6.45, 7) is 0. The van der Waals surface area contributed by atoms with E-state index in [9.17, 15) is 9.59 Å². The summed E-state index contributed by atoms with van der Waals surface area (Å²) >= 11 is 1.06. The van der Waals surface area contributed by atoms with E-state index in [4.69, 9.17) is 9.52 Å². The Morgan fingerprint density at radius 2 is 2.28 bits per heavy atom. The van der Waals surface area contributed by atoms with Gasteiger partial charge in [0.15, 0.2) is 5.58 Å². The molecule has 0 saturated heterocycles. The maximum absolute atomic E-state index is 11.0. The second-order valence-electron chi connectivity index (χ2n) is 3.57. The number of thiazole rings is 1. The van der Waals surface area contributed by atoms with E-state index >= 15 is 0 Å². The number of hydrogen-bond acceptors (Lipinski definition) is 5. The number of carboxylic acid groups (broad SMARTS) is 1. The molecule has 0 fully saturated rings. The molecule has 0 aliphatic heterocycles. The van der Waals surface area contributed by atoms with E-state index in [1.54, 1.807) is 23.6 Å². The predicted octanol–water partition coefficient (Wildman–Crippen LogP) is 1.94. The monoisotopic (exact) mass is 262 g/mol. The third-order valence-corrected chi connectivity index (χ3v) is 3.23. The molecule has 1 aromatic carbocycles. The van der Waals surface area contributed by atoms with E-state index in [0.717, 1.165) is 16.9 Å². The van der Waals surface area contributed by atoms with Gasteiger partial charge in [0.2, 0.25) is 5.01 Å². The quantitative estimate of drug-likeness (QED) is 0.735. The highest BCUT2D eigenvalue weighted by molar-refractivity contribution is 7.11. The Balaban J connectivity index is 2.12. The molecule has 3 rings (SSSR count). The van der Waals surface area contributed by atoms with Crippen LogP contribution >= 0.6 is 11.3 Å². The van der Waals surface area contributed by atoms with Crippen molar-refractivity contribution < 1.29 is 14.3 Å². The lowest BCUT2D eigenvalue weighted by Gasteiger charge is -1.95. The maximum atomic E-state index is 11.0. The lowest BCUT2D eigenvalue weighted by Crippen LogP contribution is -1.94. The molecule has 3 aromatic rings. The van der Waals surface area contributed by atoms with E-state index < -0.39 is 11.7 Å². The standard InChI is InChI=1S/C11H6N2O4S/c14-10(15)9-12-7(4-18-9)5-1-2-8-6(3-5)13-11(16)17-8/h1-4H,(H,13,16)(H,14,15). The highest BCUT2D eigenvalue weighted by atomic mass is 32.1. The molecule has 6 nitrogen and oxygen atoms in total. The number of hydrogen-bond donors (Lipinski definition) is 2. The number of carbonyl (C=O) groups is 1. The first-order valence-electron chi connectivity index (χ1n) is 4.95. The molecular formula is C11H6N2O4S. The Kier molecular flexibility index (Phi) is 2.27. The molecule has 2 N–H and O–H groups in total. The van der Waals surface area contributed by atoms with Crippen molar-refractivity contribution in [3.05, 3.63) is 39.1 Å². The Morgan fingerprint density at radius 3 is 3.00 bits per heavy atom. The Bertz CT molecular complexity index is 799. The SMILES string of the molecule is O=C(O)c1nc(-c2ccc3oc(=O)[nH]c3c2)cs1. The highest BCUT2D eigenvalue weighted by Crippen LogP contribution is 2.24. The number of rotatable bonds is 2. The smallest absolute Gasteiger partial charge is 0.417 e. The van der Waals surface area contributed by atoms with Crippen LogP contribution in [0.2, 0.25) is 0 Å². The van der Waals surface area contributed by atoms with Gasteiger partial charge in [-0.2, -0.15) is 0 Å². The molecule has 0 aliphatic carbocycles. The van der Waals surface area contributed by atoms with Gasteiger partial charge >= 0.3 is 11.7 Å². The van der Waals surface area contributed by atoms with Gasteiger partial charge in [-0.15, -0.1) is 11.3 Å². The Hall–Kier alpha value is -2.41. The Labute approximate surface area is 104 Å². The molecule has 2 heterocycles. The zero-order chi connectivity index (χ0) is 12.7. The number of nitrogens with one attached hydrogen (secondary N) is 1. The van der Waals surface area contributed by atoms with Gasteiger partial charge in [0.25, 0.3) is 0 Å². The molecule has 0 spiro atoms. The van der Waals surface area contributed by atoms with E-state index in [2.05, 4.69) is 9.97 Å². The highest BCUT2D eigenvalue weighted by Gasteiger charge is 2.11. The number of carboxylic acids is 1. The predicted molar refractivity (Wildman–Crippen MR) is 64.9 cm³/mol. The summed E-state index contributed by atoms with van der Waals surface area (Å²) in [6, 6.07) is 5.06. The molecule has 0 amide bonds. The number of oxazole rings is 1. The summed E-state index contributed by atoms with van der Waals surface area (Å²) in [5, 5.41) is 10.5. The summed E-state index contributed by atoms with van der Waals surface area (Å²) in [6.07, 6.45) is 0. The van der Waals surface area contributed by atoms with Crippen LogP contribution in [0.3, 0.4) is 0 Å². The van der Waals surface area contributed by atoms with Crippen molar-refractivity contribution in [2.24, 2.45) is 0 Å². The van der Waals surface area contributed by atoms with Crippen LogP contribution in [0, 0.1) is 0 Å². The van der Waals surface area contributed by atoms with E-state index in [1.807, 2.05) is 0 Å². The van der Waals surface area contributed by atoms with Crippen LogP contribution in [0.1, 0.15) is 9.80 Å². The largest absolute Gasteiger partial charge is 0.476 e. The average Bonchev–Trinajstić information content (AvgIpc) is 2.91. The molecule has 2 aromatic heterocycles. The van der Waals surface area contributed by atoms with Crippen molar-refractivity contribution in [2.75, 3.05) is 0 Å². The summed E-state index contributed by atoms with van der Waals surface area (Å²) in [5.41, 5.74) is 2.30. The number of fused-ring (bicyclic) bond motifs is 1. The van der Waals surface area contributed by atoms with Gasteiger partial charge in [0.1, 0.15) is 0 Å². The Morgan fingerprint density at radius 1 is 1.44 bits per heavy atom. The minimum Gasteiger partial charge on any atom is -0.476 e. The number of aromatic nitrogens is 2. The minimum atomic E-state index is -1.05. The zero-order valence-corrected chi connectivity index (χ0v) is 9.65. The van der Waals surface area contributed by atoms with Crippen molar-refractivity contribution in [1.82, 2.24) is 9.97 Å². The minimum absolute atomic E-state index is 0.0331. The van der Waals surface area contributed by atoms with Crippen LogP contribution in [-0.2, 0) is 0 Å². The van der Waals surface area contributed by atoms with Gasteiger partial charge in [-0.25, -0.2) is 14.6 Å². The van der Waals surface area contributed by atoms with Gasteiger partial charge in [-0.1, -0.05) is 0 Å². The molecule has 0 atom stereocenters. The van der Waals surface area contributed by atoms with Gasteiger partial charge in [0.05, 0.1) is 11.2 Å². The molecule has 90 valence electrons. The number of H-pyrrole nitrogens is 1. The van der Waals surface area contributed by atoms with Gasteiger partial charge in [0, 0.05) is 10.9 Å². The fraction of sp³-hybridized carbons (Fsp3) is 0. The maximum Gasteiger partial charge on any atom is 0.417 e. The summed E-state index contributed by atoms with van der Waals surface area (Å²) in [4.78, 5) is 28.3. The molecule has 7 heteroatoms. The molecule has 0 aliphatic rings. The lowest BCUT2D eigenvalue weighted by molar-refractivity contribution is 0.0696. The molecular weight excluding hydrogens is 256 g/mol. The first-order chi connectivity index (χ1) is 8.63. The van der Waals surface area contributed by atoms with Crippen molar-refractivity contribution >= 4 is 28.4 Å². The molecule has 0 radical (unpaired) electrons. The summed E-state index contributed by atoms with van der Waals surface area (Å²) in [7, 11) is 0. The molecule has 0 saturated carbocycles. The number of aromatic amines is 1. The zero-order valence-electron chi connectivity index (χ0n) is 8.84. The normalized spacial score (nSPS) is 10.9. The number of nitrogens with zero attached hydrogens (tertiary/aromatic N) is 1. The van der Waals surface area contributed by atoms with Crippen LogP contribution in [0.25, 0.3) is 22.4 Å². The fourth-order valence-corrected chi connectivity index (χ4v) is 2.28. The van der Waals surface area contributed by atoms with Crippen LogP contribution in [-0.4, -0.2) is 21.0 Å². The van der Waals surface area contributed by atoms with E-state index in [0.29, 0.717) is 16.8 Å². The first-order valence-corrected chi connectivity index (χ1v) is 5.83. The van der Waals surface area contributed by atoms with E-state index in [1.165, 1.54) is 0 Å². The number of aromatic carboxylic acids is 1. The number of benzene rings is 1. The molecule has 0 unspecified atom stereocenters. The van der Waals surface area contributed by atoms with Crippen molar-refractivity contribution in [1.29, 1.82) is 0 Å². The second-order valence-corrected chi connectivity index (χ2v) is 4.43. The summed E-state index contributed by atoms with van der Waals surface area (Å²) < 4.78 is 4.88. The van der Waals surface area contributed by atoms with Gasteiger partial charge < -0.3 is 9.52 Å². The van der Waals surface area contributed by atoms with Crippen LogP contribution in [0.5, 0.6) is 0 Å². The van der Waals surface area contributed by atoms with Crippen molar-refractivity contribution in [2.45, 2.75) is 0 Å².